The molecule has 120 valence electrons. The lowest BCUT2D eigenvalue weighted by Crippen LogP contribution is -2.44. The molecule has 0 aromatic carbocycles. The lowest BCUT2D eigenvalue weighted by atomic mass is 10.1. The highest BCUT2D eigenvalue weighted by Gasteiger charge is 2.25. The zero-order valence-corrected chi connectivity index (χ0v) is 12.9. The fourth-order valence-corrected chi connectivity index (χ4v) is 2.55. The monoisotopic (exact) mass is 314 g/mol. The molecule has 0 spiro atoms. The van der Waals surface area contributed by atoms with Crippen LogP contribution in [0.3, 0.4) is 0 Å². The number of aryl methyl sites for hydroxylation is 1. The van der Waals surface area contributed by atoms with Crippen LogP contribution in [-0.2, 0) is 16.1 Å². The van der Waals surface area contributed by atoms with E-state index in [4.69, 9.17) is 4.74 Å². The first-order chi connectivity index (χ1) is 11.1. The van der Waals surface area contributed by atoms with Crippen LogP contribution in [0.2, 0.25) is 0 Å². The molecule has 1 aliphatic heterocycles. The summed E-state index contributed by atoms with van der Waals surface area (Å²) >= 11 is 0. The highest BCUT2D eigenvalue weighted by Crippen LogP contribution is 2.21. The number of amides is 1. The van der Waals surface area contributed by atoms with Crippen LogP contribution in [-0.4, -0.2) is 45.3 Å². The molecule has 3 rings (SSSR count). The summed E-state index contributed by atoms with van der Waals surface area (Å²) in [7, 11) is 0. The summed E-state index contributed by atoms with van der Waals surface area (Å²) in [6, 6.07) is 6.82. The van der Waals surface area contributed by atoms with Gasteiger partial charge in [-0.15, -0.1) is 0 Å². The van der Waals surface area contributed by atoms with Crippen molar-refractivity contribution >= 4 is 5.91 Å². The van der Waals surface area contributed by atoms with Gasteiger partial charge < -0.3 is 9.64 Å². The number of hydrogen-bond acceptors (Lipinski definition) is 5. The van der Waals surface area contributed by atoms with E-state index in [-0.39, 0.29) is 24.1 Å². The second-order valence-corrected chi connectivity index (χ2v) is 5.45. The Labute approximate surface area is 133 Å². The van der Waals surface area contributed by atoms with E-state index in [0.29, 0.717) is 25.4 Å². The third-order valence-corrected chi connectivity index (χ3v) is 3.78. The summed E-state index contributed by atoms with van der Waals surface area (Å²) in [6.45, 7) is 3.18. The molecule has 1 atom stereocenters. The van der Waals surface area contributed by atoms with Gasteiger partial charge in [-0.2, -0.15) is 5.10 Å². The van der Waals surface area contributed by atoms with Gasteiger partial charge in [-0.05, 0) is 30.7 Å². The molecule has 0 radical (unpaired) electrons. The second-order valence-electron chi connectivity index (χ2n) is 5.45. The van der Waals surface area contributed by atoms with Gasteiger partial charge in [-0.25, -0.2) is 4.68 Å². The molecule has 0 aliphatic carbocycles. The lowest BCUT2D eigenvalue weighted by molar-refractivity contribution is -0.140. The molecule has 3 heterocycles. The van der Waals surface area contributed by atoms with Crippen molar-refractivity contribution in [2.24, 2.45) is 0 Å². The van der Waals surface area contributed by atoms with E-state index in [0.717, 1.165) is 5.56 Å². The standard InChI is InChI=1S/C16H18N4O3/c1-12-2-3-15(21)20(18-12)11-16(22)19-8-9-23-14(10-19)13-4-6-17-7-5-13/h2-7,14H,8-11H2,1H3. The molecule has 2 aromatic heterocycles. The Hall–Kier alpha value is -2.54. The minimum absolute atomic E-state index is 0.0520. The summed E-state index contributed by atoms with van der Waals surface area (Å²) in [5.41, 5.74) is 1.42. The van der Waals surface area contributed by atoms with E-state index in [9.17, 15) is 9.59 Å². The Balaban J connectivity index is 1.70. The molecular formula is C16H18N4O3. The molecule has 0 N–H and O–H groups in total. The Morgan fingerprint density at radius 2 is 2.09 bits per heavy atom. The average molecular weight is 314 g/mol. The fraction of sp³-hybridized carbons (Fsp3) is 0.375. The quantitative estimate of drug-likeness (QED) is 0.827. The van der Waals surface area contributed by atoms with Crippen LogP contribution in [0.15, 0.2) is 41.5 Å². The first-order valence-electron chi connectivity index (χ1n) is 7.47. The third-order valence-electron chi connectivity index (χ3n) is 3.78. The zero-order chi connectivity index (χ0) is 16.2. The maximum atomic E-state index is 12.5. The van der Waals surface area contributed by atoms with Crippen LogP contribution < -0.4 is 5.56 Å². The van der Waals surface area contributed by atoms with Crippen LogP contribution in [0.4, 0.5) is 0 Å². The number of hydrogen-bond donors (Lipinski definition) is 0. The fourth-order valence-electron chi connectivity index (χ4n) is 2.55. The van der Waals surface area contributed by atoms with Gasteiger partial charge in [0.15, 0.2) is 0 Å². The number of pyridine rings is 1. The van der Waals surface area contributed by atoms with E-state index in [1.165, 1.54) is 10.7 Å². The minimum atomic E-state index is -0.275. The third kappa shape index (κ3) is 3.62. The van der Waals surface area contributed by atoms with E-state index in [1.54, 1.807) is 30.3 Å². The van der Waals surface area contributed by atoms with Gasteiger partial charge in [0.05, 0.1) is 18.8 Å². The van der Waals surface area contributed by atoms with Crippen LogP contribution in [0.1, 0.15) is 17.4 Å². The van der Waals surface area contributed by atoms with Crippen molar-refractivity contribution in [3.8, 4) is 0 Å². The molecule has 1 amide bonds. The highest BCUT2D eigenvalue weighted by atomic mass is 16.5. The van der Waals surface area contributed by atoms with Crippen molar-refractivity contribution in [1.82, 2.24) is 19.7 Å². The van der Waals surface area contributed by atoms with Crippen molar-refractivity contribution in [3.63, 3.8) is 0 Å². The lowest BCUT2D eigenvalue weighted by Gasteiger charge is -2.33. The molecule has 1 saturated heterocycles. The second kappa shape index (κ2) is 6.70. The largest absolute Gasteiger partial charge is 0.370 e. The van der Waals surface area contributed by atoms with Crippen molar-refractivity contribution in [1.29, 1.82) is 0 Å². The molecule has 1 unspecified atom stereocenters. The van der Waals surface area contributed by atoms with Crippen LogP contribution in [0.25, 0.3) is 0 Å². The number of ether oxygens (including phenoxy) is 1. The van der Waals surface area contributed by atoms with Crippen molar-refractivity contribution in [3.05, 3.63) is 58.3 Å². The smallest absolute Gasteiger partial charge is 0.267 e. The predicted molar refractivity (Wildman–Crippen MR) is 82.7 cm³/mol. The van der Waals surface area contributed by atoms with E-state index < -0.39 is 0 Å². The van der Waals surface area contributed by atoms with Gasteiger partial charge in [0.1, 0.15) is 12.6 Å². The van der Waals surface area contributed by atoms with Gasteiger partial charge in [-0.3, -0.25) is 14.6 Å². The summed E-state index contributed by atoms with van der Waals surface area (Å²) in [5.74, 6) is -0.132. The Bertz CT molecular complexity index is 744. The average Bonchev–Trinajstić information content (AvgIpc) is 2.59. The Morgan fingerprint density at radius 3 is 2.87 bits per heavy atom. The number of nitrogens with zero attached hydrogens (tertiary/aromatic N) is 4. The number of carbonyl (C=O) groups is 1. The molecular weight excluding hydrogens is 296 g/mol. The van der Waals surface area contributed by atoms with Gasteiger partial charge in [-0.1, -0.05) is 0 Å². The van der Waals surface area contributed by atoms with E-state index in [1.807, 2.05) is 12.1 Å². The van der Waals surface area contributed by atoms with Crippen LogP contribution >= 0.6 is 0 Å². The predicted octanol–water partition coefficient (Wildman–Crippen LogP) is 0.547. The van der Waals surface area contributed by atoms with E-state index >= 15 is 0 Å². The molecule has 0 bridgehead atoms. The Kier molecular flexibility index (Phi) is 4.47. The molecule has 7 heteroatoms. The van der Waals surface area contributed by atoms with Crippen molar-refractivity contribution in [2.45, 2.75) is 19.6 Å². The summed E-state index contributed by atoms with van der Waals surface area (Å²) in [4.78, 5) is 29.9. The SMILES string of the molecule is Cc1ccc(=O)n(CC(=O)N2CCOC(c3ccncc3)C2)n1. The number of aromatic nitrogens is 3. The normalized spacial score (nSPS) is 18.0. The minimum Gasteiger partial charge on any atom is -0.370 e. The first-order valence-corrected chi connectivity index (χ1v) is 7.47. The van der Waals surface area contributed by atoms with Crippen LogP contribution in [0, 0.1) is 6.92 Å². The van der Waals surface area contributed by atoms with Gasteiger partial charge >= 0.3 is 0 Å². The van der Waals surface area contributed by atoms with Gasteiger partial charge in [0, 0.05) is 25.0 Å². The van der Waals surface area contributed by atoms with Gasteiger partial charge in [0.25, 0.3) is 5.56 Å². The van der Waals surface area contributed by atoms with Gasteiger partial charge in [0.2, 0.25) is 5.91 Å². The molecule has 23 heavy (non-hydrogen) atoms. The van der Waals surface area contributed by atoms with E-state index in [2.05, 4.69) is 10.1 Å². The molecule has 1 aliphatic rings. The topological polar surface area (TPSA) is 77.3 Å². The van der Waals surface area contributed by atoms with Crippen LogP contribution in [0.5, 0.6) is 0 Å². The highest BCUT2D eigenvalue weighted by molar-refractivity contribution is 5.76. The molecule has 1 fully saturated rings. The number of rotatable bonds is 3. The van der Waals surface area contributed by atoms with Crippen molar-refractivity contribution < 1.29 is 9.53 Å². The molecule has 7 nitrogen and oxygen atoms in total. The maximum Gasteiger partial charge on any atom is 0.267 e. The number of morpholine rings is 1. The summed E-state index contributed by atoms with van der Waals surface area (Å²) in [5, 5.41) is 4.10. The number of carbonyl (C=O) groups excluding carboxylic acids is 1. The Morgan fingerprint density at radius 1 is 1.30 bits per heavy atom. The molecule has 0 saturated carbocycles. The van der Waals surface area contributed by atoms with Crippen molar-refractivity contribution in [2.75, 3.05) is 19.7 Å². The molecule has 2 aromatic rings. The first kappa shape index (κ1) is 15.4. The summed E-state index contributed by atoms with van der Waals surface area (Å²) in [6.07, 6.45) is 3.24. The maximum absolute atomic E-state index is 12.5. The zero-order valence-electron chi connectivity index (χ0n) is 12.9. The summed E-state index contributed by atoms with van der Waals surface area (Å²) < 4.78 is 6.93.